The maximum absolute atomic E-state index is 12.2. The SMILES string of the molecule is O=C(Nc1cc(Br)ccc1O)c1cc(-c2ccc(Br)cc2)on1. The van der Waals surface area contributed by atoms with Crippen LogP contribution in [0.4, 0.5) is 5.69 Å². The molecule has 2 N–H and O–H groups in total. The molecule has 0 fully saturated rings. The fourth-order valence-corrected chi connectivity index (χ4v) is 2.55. The van der Waals surface area contributed by atoms with E-state index in [0.29, 0.717) is 5.76 Å². The number of anilines is 1. The Morgan fingerprint density at radius 3 is 2.48 bits per heavy atom. The van der Waals surface area contributed by atoms with Crippen LogP contribution >= 0.6 is 31.9 Å². The van der Waals surface area contributed by atoms with E-state index in [1.54, 1.807) is 18.2 Å². The minimum atomic E-state index is -0.467. The third-order valence-electron chi connectivity index (χ3n) is 3.08. The van der Waals surface area contributed by atoms with Crippen LogP contribution in [0.3, 0.4) is 0 Å². The third-order valence-corrected chi connectivity index (χ3v) is 4.10. The van der Waals surface area contributed by atoms with E-state index in [1.165, 1.54) is 6.07 Å². The molecule has 7 heteroatoms. The molecule has 1 heterocycles. The standard InChI is InChI=1S/C16H10Br2N2O3/c17-10-3-1-9(2-4-10)15-8-13(20-23-15)16(22)19-12-7-11(18)5-6-14(12)21/h1-8,21H,(H,19,22). The van der Waals surface area contributed by atoms with Crippen LogP contribution in [0.5, 0.6) is 5.75 Å². The number of phenols is 1. The van der Waals surface area contributed by atoms with Gasteiger partial charge >= 0.3 is 0 Å². The van der Waals surface area contributed by atoms with Crippen molar-refractivity contribution < 1.29 is 14.4 Å². The highest BCUT2D eigenvalue weighted by molar-refractivity contribution is 9.10. The molecule has 0 aliphatic heterocycles. The van der Waals surface area contributed by atoms with Crippen LogP contribution in [0, 0.1) is 0 Å². The molecule has 1 amide bonds. The number of benzene rings is 2. The second-order valence-electron chi connectivity index (χ2n) is 4.70. The molecule has 0 saturated heterocycles. The van der Waals surface area contributed by atoms with Gasteiger partial charge in [-0.05, 0) is 30.3 Å². The summed E-state index contributed by atoms with van der Waals surface area (Å²) in [6, 6.07) is 13.8. The molecular weight excluding hydrogens is 428 g/mol. The summed E-state index contributed by atoms with van der Waals surface area (Å²) in [6.07, 6.45) is 0. The van der Waals surface area contributed by atoms with Crippen LogP contribution in [0.1, 0.15) is 10.5 Å². The lowest BCUT2D eigenvalue weighted by atomic mass is 10.1. The van der Waals surface area contributed by atoms with Crippen molar-refractivity contribution in [1.82, 2.24) is 5.16 Å². The van der Waals surface area contributed by atoms with E-state index >= 15 is 0 Å². The summed E-state index contributed by atoms with van der Waals surface area (Å²) in [4.78, 5) is 12.2. The number of carbonyl (C=O) groups is 1. The zero-order chi connectivity index (χ0) is 16.4. The quantitative estimate of drug-likeness (QED) is 0.575. The van der Waals surface area contributed by atoms with E-state index in [-0.39, 0.29) is 17.1 Å². The number of aromatic nitrogens is 1. The van der Waals surface area contributed by atoms with E-state index in [9.17, 15) is 9.90 Å². The largest absolute Gasteiger partial charge is 0.506 e. The maximum Gasteiger partial charge on any atom is 0.277 e. The van der Waals surface area contributed by atoms with Crippen LogP contribution in [0.25, 0.3) is 11.3 Å². The van der Waals surface area contributed by atoms with Gasteiger partial charge in [0.15, 0.2) is 11.5 Å². The number of hydrogen-bond donors (Lipinski definition) is 2. The van der Waals surface area contributed by atoms with Gasteiger partial charge in [0.05, 0.1) is 5.69 Å². The van der Waals surface area contributed by atoms with Crippen molar-refractivity contribution in [2.24, 2.45) is 0 Å². The molecule has 0 saturated carbocycles. The molecule has 0 spiro atoms. The van der Waals surface area contributed by atoms with Crippen molar-refractivity contribution in [3.63, 3.8) is 0 Å². The summed E-state index contributed by atoms with van der Waals surface area (Å²) in [5.74, 6) is -0.00944. The number of aromatic hydroxyl groups is 1. The minimum absolute atomic E-state index is 0.0295. The molecule has 0 radical (unpaired) electrons. The first-order valence-corrected chi connectivity index (χ1v) is 8.14. The van der Waals surface area contributed by atoms with Crippen molar-refractivity contribution in [2.75, 3.05) is 5.32 Å². The second kappa shape index (κ2) is 6.55. The Labute approximate surface area is 148 Å². The van der Waals surface area contributed by atoms with E-state index in [0.717, 1.165) is 14.5 Å². The molecule has 0 atom stereocenters. The van der Waals surface area contributed by atoms with E-state index in [2.05, 4.69) is 42.3 Å². The van der Waals surface area contributed by atoms with Gasteiger partial charge in [0.25, 0.3) is 5.91 Å². The van der Waals surface area contributed by atoms with Crippen molar-refractivity contribution in [1.29, 1.82) is 0 Å². The predicted octanol–water partition coefficient (Wildman–Crippen LogP) is 4.82. The number of rotatable bonds is 3. The topological polar surface area (TPSA) is 75.4 Å². The summed E-state index contributed by atoms with van der Waals surface area (Å²) in [5.41, 5.74) is 1.23. The highest BCUT2D eigenvalue weighted by atomic mass is 79.9. The van der Waals surface area contributed by atoms with Crippen molar-refractivity contribution in [3.8, 4) is 17.1 Å². The molecule has 3 rings (SSSR count). The van der Waals surface area contributed by atoms with Gasteiger partial charge < -0.3 is 14.9 Å². The van der Waals surface area contributed by atoms with Crippen LogP contribution in [0.15, 0.2) is 62.0 Å². The molecule has 2 aromatic carbocycles. The monoisotopic (exact) mass is 436 g/mol. The van der Waals surface area contributed by atoms with Gasteiger partial charge in [0.1, 0.15) is 5.75 Å². The Balaban J connectivity index is 1.81. The number of halogens is 2. The van der Waals surface area contributed by atoms with Crippen LogP contribution in [-0.4, -0.2) is 16.2 Å². The first kappa shape index (κ1) is 15.8. The van der Waals surface area contributed by atoms with Gasteiger partial charge in [0.2, 0.25) is 0 Å². The minimum Gasteiger partial charge on any atom is -0.506 e. The lowest BCUT2D eigenvalue weighted by Crippen LogP contribution is -2.12. The molecule has 0 unspecified atom stereocenters. The van der Waals surface area contributed by atoms with E-state index in [1.807, 2.05) is 24.3 Å². The lowest BCUT2D eigenvalue weighted by molar-refractivity contribution is 0.101. The van der Waals surface area contributed by atoms with E-state index < -0.39 is 5.91 Å². The average molecular weight is 438 g/mol. The third kappa shape index (κ3) is 3.62. The van der Waals surface area contributed by atoms with Crippen LogP contribution in [0.2, 0.25) is 0 Å². The molecule has 0 bridgehead atoms. The Kier molecular flexibility index (Phi) is 4.49. The summed E-state index contributed by atoms with van der Waals surface area (Å²) in [5, 5.41) is 16.1. The van der Waals surface area contributed by atoms with Crippen molar-refractivity contribution in [2.45, 2.75) is 0 Å². The fraction of sp³-hybridized carbons (Fsp3) is 0. The molecule has 0 aliphatic rings. The summed E-state index contributed by atoms with van der Waals surface area (Å²) in [6.45, 7) is 0. The van der Waals surface area contributed by atoms with Gasteiger partial charge in [-0.25, -0.2) is 0 Å². The number of hydrogen-bond acceptors (Lipinski definition) is 4. The second-order valence-corrected chi connectivity index (χ2v) is 6.53. The highest BCUT2D eigenvalue weighted by Gasteiger charge is 2.15. The molecule has 3 aromatic rings. The molecule has 116 valence electrons. The maximum atomic E-state index is 12.2. The van der Waals surface area contributed by atoms with Crippen molar-refractivity contribution >= 4 is 43.5 Å². The Morgan fingerprint density at radius 1 is 1.04 bits per heavy atom. The average Bonchev–Trinajstić information content (AvgIpc) is 3.02. The first-order chi connectivity index (χ1) is 11.0. The van der Waals surface area contributed by atoms with Gasteiger partial charge in [-0.1, -0.05) is 49.1 Å². The number of carbonyl (C=O) groups excluding carboxylic acids is 1. The molecular formula is C16H10Br2N2O3. The van der Waals surface area contributed by atoms with E-state index in [4.69, 9.17) is 4.52 Å². The van der Waals surface area contributed by atoms with Crippen LogP contribution in [-0.2, 0) is 0 Å². The molecule has 0 aliphatic carbocycles. The number of nitrogens with one attached hydrogen (secondary N) is 1. The lowest BCUT2D eigenvalue weighted by Gasteiger charge is -2.05. The van der Waals surface area contributed by atoms with Gasteiger partial charge in [-0.15, -0.1) is 0 Å². The van der Waals surface area contributed by atoms with Gasteiger partial charge in [0, 0.05) is 20.6 Å². The Bertz CT molecular complexity index is 860. The highest BCUT2D eigenvalue weighted by Crippen LogP contribution is 2.28. The number of amides is 1. The zero-order valence-corrected chi connectivity index (χ0v) is 14.8. The molecule has 1 aromatic heterocycles. The predicted molar refractivity (Wildman–Crippen MR) is 93.4 cm³/mol. The molecule has 23 heavy (non-hydrogen) atoms. The zero-order valence-electron chi connectivity index (χ0n) is 11.6. The Morgan fingerprint density at radius 2 is 1.74 bits per heavy atom. The smallest absolute Gasteiger partial charge is 0.277 e. The van der Waals surface area contributed by atoms with Gasteiger partial charge in [-0.2, -0.15) is 0 Å². The number of phenolic OH excluding ortho intramolecular Hbond substituents is 1. The van der Waals surface area contributed by atoms with Gasteiger partial charge in [-0.3, -0.25) is 4.79 Å². The summed E-state index contributed by atoms with van der Waals surface area (Å²) < 4.78 is 6.89. The molecule has 5 nitrogen and oxygen atoms in total. The van der Waals surface area contributed by atoms with Crippen LogP contribution < -0.4 is 5.32 Å². The van der Waals surface area contributed by atoms with Crippen molar-refractivity contribution in [3.05, 3.63) is 63.2 Å². The first-order valence-electron chi connectivity index (χ1n) is 6.55. The Hall–Kier alpha value is -2.12. The summed E-state index contributed by atoms with van der Waals surface area (Å²) in [7, 11) is 0. The normalized spacial score (nSPS) is 10.5. The number of nitrogens with zero attached hydrogens (tertiary/aromatic N) is 1. The summed E-state index contributed by atoms with van der Waals surface area (Å²) >= 11 is 6.64. The fourth-order valence-electron chi connectivity index (χ4n) is 1.93.